The zero-order chi connectivity index (χ0) is 19.5. The molecule has 0 aliphatic carbocycles. The molecule has 0 bridgehead atoms. The van der Waals surface area contributed by atoms with Crippen LogP contribution >= 0.6 is 15.9 Å². The maximum absolute atomic E-state index is 14.2. The van der Waals surface area contributed by atoms with Crippen molar-refractivity contribution in [2.75, 3.05) is 13.2 Å². The van der Waals surface area contributed by atoms with Gasteiger partial charge < -0.3 is 4.74 Å². The van der Waals surface area contributed by atoms with Crippen molar-refractivity contribution in [2.45, 2.75) is 39.0 Å². The summed E-state index contributed by atoms with van der Waals surface area (Å²) in [6, 6.07) is 15.5. The first kappa shape index (κ1) is 19.5. The summed E-state index contributed by atoms with van der Waals surface area (Å²) < 4.78 is 21.1. The lowest BCUT2D eigenvalue weighted by Crippen LogP contribution is -2.32. The number of rotatable bonds is 6. The van der Waals surface area contributed by atoms with E-state index in [1.54, 1.807) is 6.07 Å². The van der Waals surface area contributed by atoms with E-state index >= 15 is 0 Å². The van der Waals surface area contributed by atoms with Gasteiger partial charge in [0.15, 0.2) is 0 Å². The number of aromatic nitrogens is 1. The second-order valence-electron chi connectivity index (χ2n) is 7.51. The van der Waals surface area contributed by atoms with Crippen LogP contribution in [0.15, 0.2) is 53.0 Å². The first-order valence-corrected chi connectivity index (χ1v) is 10.5. The maximum Gasteiger partial charge on any atom is 0.149 e. The van der Waals surface area contributed by atoms with Gasteiger partial charge in [-0.1, -0.05) is 46.3 Å². The Morgan fingerprint density at radius 1 is 1.18 bits per heavy atom. The van der Waals surface area contributed by atoms with Gasteiger partial charge in [-0.15, -0.1) is 0 Å². The summed E-state index contributed by atoms with van der Waals surface area (Å²) in [4.78, 5) is 6.95. The van der Waals surface area contributed by atoms with Gasteiger partial charge in [0, 0.05) is 36.1 Å². The van der Waals surface area contributed by atoms with E-state index in [9.17, 15) is 4.39 Å². The number of hydrogen-bond donors (Lipinski definition) is 0. The number of benzene rings is 2. The molecule has 3 aromatic rings. The van der Waals surface area contributed by atoms with Crippen molar-refractivity contribution in [3.05, 3.63) is 75.6 Å². The van der Waals surface area contributed by atoms with Gasteiger partial charge in [-0.2, -0.15) is 0 Å². The summed E-state index contributed by atoms with van der Waals surface area (Å²) in [5.41, 5.74) is 3.77. The predicted molar refractivity (Wildman–Crippen MR) is 114 cm³/mol. The van der Waals surface area contributed by atoms with E-state index in [0.717, 1.165) is 48.1 Å². The van der Waals surface area contributed by atoms with Crippen LogP contribution in [0.1, 0.15) is 29.7 Å². The first-order chi connectivity index (χ1) is 13.6. The lowest BCUT2D eigenvalue weighted by molar-refractivity contribution is 0.0674. The number of para-hydroxylation sites is 1. The fraction of sp³-hybridized carbons (Fsp3) is 0.348. The van der Waals surface area contributed by atoms with Crippen molar-refractivity contribution >= 4 is 26.8 Å². The highest BCUT2D eigenvalue weighted by molar-refractivity contribution is 9.10. The van der Waals surface area contributed by atoms with Crippen LogP contribution < -0.4 is 0 Å². The van der Waals surface area contributed by atoms with Gasteiger partial charge in [-0.05, 0) is 49.1 Å². The van der Waals surface area contributed by atoms with E-state index in [1.807, 2.05) is 18.2 Å². The van der Waals surface area contributed by atoms with E-state index in [4.69, 9.17) is 4.74 Å². The predicted octanol–water partition coefficient (Wildman–Crippen LogP) is 5.63. The summed E-state index contributed by atoms with van der Waals surface area (Å²) >= 11 is 3.69. The molecule has 0 N–H and O–H groups in total. The molecule has 146 valence electrons. The molecule has 2 heterocycles. The van der Waals surface area contributed by atoms with E-state index in [1.165, 1.54) is 17.2 Å². The molecule has 0 amide bonds. The first-order valence-electron chi connectivity index (χ1n) is 9.71. The minimum absolute atomic E-state index is 0.251. The van der Waals surface area contributed by atoms with E-state index in [2.05, 4.69) is 50.9 Å². The Bertz CT molecular complexity index is 972. The van der Waals surface area contributed by atoms with E-state index in [-0.39, 0.29) is 11.9 Å². The van der Waals surface area contributed by atoms with Crippen molar-refractivity contribution in [3.8, 4) is 0 Å². The number of ether oxygens (including phenoxy) is 1. The van der Waals surface area contributed by atoms with Crippen LogP contribution in [-0.2, 0) is 17.8 Å². The van der Waals surface area contributed by atoms with Crippen LogP contribution in [0.3, 0.4) is 0 Å². The average molecular weight is 443 g/mol. The monoisotopic (exact) mass is 442 g/mol. The Morgan fingerprint density at radius 2 is 2.07 bits per heavy atom. The molecule has 1 fully saturated rings. The summed E-state index contributed by atoms with van der Waals surface area (Å²) in [6.07, 6.45) is 2.46. The zero-order valence-corrected chi connectivity index (χ0v) is 17.6. The molecule has 4 rings (SSSR count). The minimum Gasteiger partial charge on any atom is -0.377 e. The van der Waals surface area contributed by atoms with Gasteiger partial charge >= 0.3 is 0 Å². The van der Waals surface area contributed by atoms with E-state index in [0.29, 0.717) is 12.1 Å². The summed E-state index contributed by atoms with van der Waals surface area (Å²) in [5.74, 6) is -0.272. The number of halogens is 2. The molecule has 1 saturated heterocycles. The fourth-order valence-electron chi connectivity index (χ4n) is 3.75. The van der Waals surface area contributed by atoms with Gasteiger partial charge in [-0.3, -0.25) is 4.90 Å². The normalized spacial score (nSPS) is 16.9. The summed E-state index contributed by atoms with van der Waals surface area (Å²) in [6.45, 7) is 5.22. The summed E-state index contributed by atoms with van der Waals surface area (Å²) in [5, 5.41) is 0.829. The highest BCUT2D eigenvalue weighted by Gasteiger charge is 2.20. The number of pyridine rings is 1. The van der Waals surface area contributed by atoms with Gasteiger partial charge in [0.25, 0.3) is 0 Å². The Balaban J connectivity index is 1.58. The van der Waals surface area contributed by atoms with Crippen LogP contribution in [0, 0.1) is 12.7 Å². The number of hydrogen-bond acceptors (Lipinski definition) is 3. The molecular weight excluding hydrogens is 419 g/mol. The highest BCUT2D eigenvalue weighted by atomic mass is 79.9. The molecule has 5 heteroatoms. The molecule has 0 spiro atoms. The van der Waals surface area contributed by atoms with Crippen LogP contribution in [-0.4, -0.2) is 29.1 Å². The highest BCUT2D eigenvalue weighted by Crippen LogP contribution is 2.23. The van der Waals surface area contributed by atoms with Crippen molar-refractivity contribution < 1.29 is 9.13 Å². The lowest BCUT2D eigenvalue weighted by atomic mass is 10.1. The maximum atomic E-state index is 14.2. The zero-order valence-electron chi connectivity index (χ0n) is 16.0. The third-order valence-corrected chi connectivity index (χ3v) is 5.94. The van der Waals surface area contributed by atoms with Crippen molar-refractivity contribution in [3.63, 3.8) is 0 Å². The molecule has 1 atom stereocenters. The van der Waals surface area contributed by atoms with Crippen LogP contribution in [0.4, 0.5) is 4.39 Å². The quantitative estimate of drug-likeness (QED) is 0.494. The Labute approximate surface area is 173 Å². The van der Waals surface area contributed by atoms with Crippen LogP contribution in [0.25, 0.3) is 10.9 Å². The van der Waals surface area contributed by atoms with Crippen molar-refractivity contribution in [1.29, 1.82) is 0 Å². The third-order valence-electron chi connectivity index (χ3n) is 5.20. The van der Waals surface area contributed by atoms with Crippen molar-refractivity contribution in [2.24, 2.45) is 0 Å². The second kappa shape index (κ2) is 8.68. The standard InChI is InChI=1S/C23H24BrFN2O/c1-16-7-8-18(21(24)12-16)13-27(15-20-5-3-11-28-20)14-19-10-9-17-4-2-6-22(25)23(17)26-19/h2,4,6-10,12,20H,3,5,11,13-15H2,1H3. The molecular formula is C23H24BrFN2O. The molecule has 1 aliphatic rings. The van der Waals surface area contributed by atoms with Crippen LogP contribution in [0.2, 0.25) is 0 Å². The molecule has 1 unspecified atom stereocenters. The second-order valence-corrected chi connectivity index (χ2v) is 8.37. The fourth-order valence-corrected chi connectivity index (χ4v) is 4.37. The van der Waals surface area contributed by atoms with Gasteiger partial charge in [0.2, 0.25) is 0 Å². The third kappa shape index (κ3) is 4.59. The lowest BCUT2D eigenvalue weighted by Gasteiger charge is -2.25. The smallest absolute Gasteiger partial charge is 0.149 e. The molecule has 2 aromatic carbocycles. The molecule has 0 saturated carbocycles. The molecule has 1 aliphatic heterocycles. The number of nitrogens with zero attached hydrogens (tertiary/aromatic N) is 2. The van der Waals surface area contributed by atoms with Gasteiger partial charge in [0.1, 0.15) is 11.3 Å². The van der Waals surface area contributed by atoms with E-state index < -0.39 is 0 Å². The van der Waals surface area contributed by atoms with Crippen molar-refractivity contribution in [1.82, 2.24) is 9.88 Å². The number of aryl methyl sites for hydroxylation is 1. The Morgan fingerprint density at radius 3 is 2.86 bits per heavy atom. The van der Waals surface area contributed by atoms with Crippen LogP contribution in [0.5, 0.6) is 0 Å². The van der Waals surface area contributed by atoms with Gasteiger partial charge in [0.05, 0.1) is 11.8 Å². The Kier molecular flexibility index (Phi) is 6.04. The molecule has 3 nitrogen and oxygen atoms in total. The minimum atomic E-state index is -0.272. The molecule has 28 heavy (non-hydrogen) atoms. The topological polar surface area (TPSA) is 25.4 Å². The van der Waals surface area contributed by atoms with Gasteiger partial charge in [-0.25, -0.2) is 9.37 Å². The molecule has 1 aromatic heterocycles. The average Bonchev–Trinajstić information content (AvgIpc) is 3.18. The number of fused-ring (bicyclic) bond motifs is 1. The summed E-state index contributed by atoms with van der Waals surface area (Å²) in [7, 11) is 0. The Hall–Kier alpha value is -1.82. The largest absolute Gasteiger partial charge is 0.377 e. The SMILES string of the molecule is Cc1ccc(CN(Cc2ccc3cccc(F)c3n2)CC2CCCO2)c(Br)c1. The molecule has 0 radical (unpaired) electrons.